The van der Waals surface area contributed by atoms with Gasteiger partial charge in [-0.1, -0.05) is 72.8 Å². The second-order valence-electron chi connectivity index (χ2n) is 7.12. The molecule has 3 aromatic rings. The van der Waals surface area contributed by atoms with Crippen molar-refractivity contribution in [2.24, 2.45) is 0 Å². The van der Waals surface area contributed by atoms with E-state index in [2.05, 4.69) is 48.5 Å². The van der Waals surface area contributed by atoms with Crippen LogP contribution in [0, 0.1) is 5.82 Å². The Hall–Kier alpha value is -2.70. The Morgan fingerprint density at radius 1 is 0.568 bits per heavy atom. The molecule has 0 amide bonds. The van der Waals surface area contributed by atoms with Gasteiger partial charge in [-0.25, -0.2) is 4.39 Å². The minimum absolute atomic E-state index is 0.190. The summed E-state index contributed by atoms with van der Waals surface area (Å²) in [5.74, 6) is -14.9. The van der Waals surface area contributed by atoms with Gasteiger partial charge >= 0.3 is 33.4 Å². The number of alkyl halides is 9. The van der Waals surface area contributed by atoms with Crippen molar-refractivity contribution < 1.29 is 56.9 Å². The molecule has 202 valence electrons. The SMILES string of the molecule is Fc1ccc(P(c2ccccc2)c2ccccc2)cc1.O=S(=O)(O)C(F)(F)C(F)(F)C(F)(F)C(F)(F)F. The Bertz CT molecular complexity index is 1230. The van der Waals surface area contributed by atoms with Crippen molar-refractivity contribution in [3.63, 3.8) is 0 Å². The molecule has 15 heteroatoms. The lowest BCUT2D eigenvalue weighted by Crippen LogP contribution is -2.63. The molecule has 0 heterocycles. The van der Waals surface area contributed by atoms with Gasteiger partial charge in [-0.15, -0.1) is 0 Å². The van der Waals surface area contributed by atoms with Crippen molar-refractivity contribution in [1.82, 2.24) is 0 Å². The third-order valence-corrected chi connectivity index (χ3v) is 7.90. The van der Waals surface area contributed by atoms with E-state index in [4.69, 9.17) is 4.55 Å². The molecule has 0 aliphatic heterocycles. The molecule has 0 saturated carbocycles. The topological polar surface area (TPSA) is 54.4 Å². The highest BCUT2D eigenvalue weighted by Crippen LogP contribution is 2.54. The normalized spacial score (nSPS) is 13.2. The minimum atomic E-state index is -7.37. The van der Waals surface area contributed by atoms with Crippen LogP contribution in [0.2, 0.25) is 0 Å². The monoisotopic (exact) mass is 580 g/mol. The molecule has 0 spiro atoms. The van der Waals surface area contributed by atoms with Crippen LogP contribution in [-0.4, -0.2) is 36.2 Å². The molecule has 37 heavy (non-hydrogen) atoms. The first kappa shape index (κ1) is 30.5. The first-order valence-corrected chi connectivity index (χ1v) is 12.5. The quantitative estimate of drug-likeness (QED) is 0.225. The highest BCUT2D eigenvalue weighted by atomic mass is 32.2. The van der Waals surface area contributed by atoms with Crippen LogP contribution in [0.1, 0.15) is 0 Å². The molecule has 0 aliphatic carbocycles. The molecule has 0 aromatic heterocycles. The van der Waals surface area contributed by atoms with Gasteiger partial charge < -0.3 is 0 Å². The summed E-state index contributed by atoms with van der Waals surface area (Å²) in [6.07, 6.45) is -7.13. The van der Waals surface area contributed by atoms with Gasteiger partial charge in [0.15, 0.2) is 0 Å². The third kappa shape index (κ3) is 6.42. The molecule has 3 aromatic carbocycles. The lowest BCUT2D eigenvalue weighted by molar-refractivity contribution is -0.382. The van der Waals surface area contributed by atoms with Gasteiger partial charge in [0.1, 0.15) is 5.82 Å². The van der Waals surface area contributed by atoms with E-state index in [1.54, 1.807) is 0 Å². The second-order valence-corrected chi connectivity index (χ2v) is 10.8. The average molecular weight is 580 g/mol. The van der Waals surface area contributed by atoms with E-state index in [9.17, 15) is 52.3 Å². The van der Waals surface area contributed by atoms with Crippen molar-refractivity contribution in [2.45, 2.75) is 23.3 Å². The summed E-state index contributed by atoms with van der Waals surface area (Å²) in [4.78, 5) is 0. The molecule has 3 rings (SSSR count). The first-order valence-electron chi connectivity index (χ1n) is 9.67. The van der Waals surface area contributed by atoms with Crippen molar-refractivity contribution in [3.05, 3.63) is 90.7 Å². The zero-order chi connectivity index (χ0) is 28.3. The van der Waals surface area contributed by atoms with E-state index in [1.807, 2.05) is 24.3 Å². The second kappa shape index (κ2) is 11.0. The van der Waals surface area contributed by atoms with E-state index in [0.717, 1.165) is 0 Å². The molecular formula is C22H15F10O3PS. The van der Waals surface area contributed by atoms with Crippen LogP contribution in [0.5, 0.6) is 0 Å². The summed E-state index contributed by atoms with van der Waals surface area (Å²) in [5, 5.41) is -3.28. The number of rotatable bonds is 6. The maximum atomic E-state index is 13.2. The summed E-state index contributed by atoms with van der Waals surface area (Å²) >= 11 is 0. The summed E-state index contributed by atoms with van der Waals surface area (Å²) < 4.78 is 147. The highest BCUT2D eigenvalue weighted by molar-refractivity contribution is 7.87. The zero-order valence-corrected chi connectivity index (χ0v) is 19.7. The molecule has 0 fully saturated rings. The molecule has 3 nitrogen and oxygen atoms in total. The van der Waals surface area contributed by atoms with Gasteiger partial charge in [-0.2, -0.15) is 47.9 Å². The van der Waals surface area contributed by atoms with Crippen molar-refractivity contribution >= 4 is 34.0 Å². The van der Waals surface area contributed by atoms with E-state index in [-0.39, 0.29) is 5.82 Å². The van der Waals surface area contributed by atoms with E-state index in [1.165, 1.54) is 28.0 Å². The van der Waals surface area contributed by atoms with E-state index in [0.29, 0.717) is 0 Å². The van der Waals surface area contributed by atoms with Crippen molar-refractivity contribution in [3.8, 4) is 0 Å². The lowest BCUT2D eigenvalue weighted by atomic mass is 10.1. The Kier molecular flexibility index (Phi) is 9.04. The van der Waals surface area contributed by atoms with Crippen LogP contribution in [0.25, 0.3) is 0 Å². The van der Waals surface area contributed by atoms with E-state index < -0.39 is 41.3 Å². The minimum Gasteiger partial charge on any atom is -0.281 e. The summed E-state index contributed by atoms with van der Waals surface area (Å²) in [5.41, 5.74) is 0. The fraction of sp³-hybridized carbons (Fsp3) is 0.182. The number of hydrogen-bond acceptors (Lipinski definition) is 2. The van der Waals surface area contributed by atoms with Gasteiger partial charge in [-0.3, -0.25) is 4.55 Å². The van der Waals surface area contributed by atoms with Crippen molar-refractivity contribution in [2.75, 3.05) is 0 Å². The fourth-order valence-corrected chi connectivity index (χ4v) is 5.45. The molecule has 1 N–H and O–H groups in total. The Morgan fingerprint density at radius 3 is 1.24 bits per heavy atom. The molecular weight excluding hydrogens is 565 g/mol. The molecule has 0 radical (unpaired) electrons. The molecule has 0 aliphatic rings. The molecule has 0 saturated heterocycles. The Labute approximate surface area is 205 Å². The standard InChI is InChI=1S/C18H14FP.C4HF9O3S/c19-15-11-13-18(14-12-15)20(16-7-3-1-4-8-16)17-9-5-2-6-10-17;5-1(6,3(9,10)11)2(7,8)4(12,13)17(14,15)16/h1-14H;(H,14,15,16). The summed E-state index contributed by atoms with van der Waals surface area (Å²) in [6.45, 7) is 0. The van der Waals surface area contributed by atoms with Gasteiger partial charge in [0, 0.05) is 0 Å². The Morgan fingerprint density at radius 2 is 0.919 bits per heavy atom. The lowest BCUT2D eigenvalue weighted by Gasteiger charge is -2.31. The van der Waals surface area contributed by atoms with Crippen LogP contribution in [0.4, 0.5) is 43.9 Å². The van der Waals surface area contributed by atoms with Crippen LogP contribution < -0.4 is 15.9 Å². The fourth-order valence-electron chi connectivity index (χ4n) is 2.71. The molecule has 0 unspecified atom stereocenters. The van der Waals surface area contributed by atoms with Crippen LogP contribution in [0.3, 0.4) is 0 Å². The van der Waals surface area contributed by atoms with Crippen LogP contribution >= 0.6 is 7.92 Å². The molecule has 0 bridgehead atoms. The predicted molar refractivity (Wildman–Crippen MR) is 118 cm³/mol. The number of hydrogen-bond donors (Lipinski definition) is 1. The molecule has 0 atom stereocenters. The van der Waals surface area contributed by atoms with Crippen LogP contribution in [-0.2, 0) is 10.1 Å². The predicted octanol–water partition coefficient (Wildman–Crippen LogP) is 5.88. The smallest absolute Gasteiger partial charge is 0.281 e. The third-order valence-electron chi connectivity index (χ3n) is 4.55. The summed E-state index contributed by atoms with van der Waals surface area (Å²) in [6, 6.07) is 27.7. The maximum Gasteiger partial charge on any atom is 0.460 e. The van der Waals surface area contributed by atoms with Crippen molar-refractivity contribution in [1.29, 1.82) is 0 Å². The first-order chi connectivity index (χ1) is 16.8. The van der Waals surface area contributed by atoms with Gasteiger partial charge in [-0.05, 0) is 36.0 Å². The largest absolute Gasteiger partial charge is 0.460 e. The Balaban J connectivity index is 0.000000265. The highest BCUT2D eigenvalue weighted by Gasteiger charge is 2.85. The number of benzene rings is 3. The van der Waals surface area contributed by atoms with Gasteiger partial charge in [0.2, 0.25) is 0 Å². The van der Waals surface area contributed by atoms with Gasteiger partial charge in [0.05, 0.1) is 0 Å². The van der Waals surface area contributed by atoms with Crippen LogP contribution in [0.15, 0.2) is 84.9 Å². The zero-order valence-electron chi connectivity index (χ0n) is 18.0. The number of halogens is 10. The van der Waals surface area contributed by atoms with Gasteiger partial charge in [0.25, 0.3) is 0 Å². The summed E-state index contributed by atoms with van der Waals surface area (Å²) in [7, 11) is -7.79. The maximum absolute atomic E-state index is 13.2. The van der Waals surface area contributed by atoms with E-state index >= 15 is 0 Å². The average Bonchev–Trinajstić information content (AvgIpc) is 2.81.